The van der Waals surface area contributed by atoms with Gasteiger partial charge in [0.25, 0.3) is 0 Å². The molecule has 1 unspecified atom stereocenters. The summed E-state index contributed by atoms with van der Waals surface area (Å²) in [5, 5.41) is 0. The van der Waals surface area contributed by atoms with Crippen LogP contribution in [-0.4, -0.2) is 12.6 Å². The third kappa shape index (κ3) is 1.35. The summed E-state index contributed by atoms with van der Waals surface area (Å²) in [6, 6.07) is 6.95. The van der Waals surface area contributed by atoms with Gasteiger partial charge in [-0.1, -0.05) is 6.92 Å². The summed E-state index contributed by atoms with van der Waals surface area (Å²) >= 11 is 0. The summed E-state index contributed by atoms with van der Waals surface area (Å²) < 4.78 is 0. The maximum atomic E-state index is 5.79. The highest BCUT2D eigenvalue weighted by molar-refractivity contribution is 5.64. The van der Waals surface area contributed by atoms with E-state index in [0.717, 1.165) is 18.7 Å². The van der Waals surface area contributed by atoms with Gasteiger partial charge >= 0.3 is 0 Å². The first-order valence-electron chi connectivity index (χ1n) is 5.41. The molecule has 0 fully saturated rings. The predicted molar refractivity (Wildman–Crippen MR) is 61.7 cm³/mol. The zero-order valence-electron chi connectivity index (χ0n) is 8.96. The Morgan fingerprint density at radius 1 is 1.43 bits per heavy atom. The molecule has 0 saturated heterocycles. The van der Waals surface area contributed by atoms with Gasteiger partial charge in [0.15, 0.2) is 0 Å². The number of hydrogen-bond donors (Lipinski definition) is 1. The molecular weight excluding hydrogens is 172 g/mol. The Balaban J connectivity index is 2.37. The zero-order chi connectivity index (χ0) is 10.1. The van der Waals surface area contributed by atoms with Crippen LogP contribution < -0.4 is 10.6 Å². The molecule has 1 aromatic rings. The number of hydrogen-bond acceptors (Lipinski definition) is 2. The van der Waals surface area contributed by atoms with Crippen LogP contribution >= 0.6 is 0 Å². The number of anilines is 2. The summed E-state index contributed by atoms with van der Waals surface area (Å²) in [5.41, 5.74) is 9.47. The molecular formula is C12H18N2. The van der Waals surface area contributed by atoms with E-state index in [2.05, 4.69) is 30.9 Å². The van der Waals surface area contributed by atoms with Crippen LogP contribution in [0.3, 0.4) is 0 Å². The number of nitrogen functional groups attached to an aromatic ring is 1. The Bertz CT molecular complexity index is 333. The fourth-order valence-electron chi connectivity index (χ4n) is 2.40. The maximum Gasteiger partial charge on any atom is 0.0403 e. The average Bonchev–Trinajstić information content (AvgIpc) is 2.54. The largest absolute Gasteiger partial charge is 0.399 e. The van der Waals surface area contributed by atoms with Crippen molar-refractivity contribution in [3.63, 3.8) is 0 Å². The van der Waals surface area contributed by atoms with Gasteiger partial charge in [0, 0.05) is 24.0 Å². The van der Waals surface area contributed by atoms with Crippen molar-refractivity contribution < 1.29 is 0 Å². The summed E-state index contributed by atoms with van der Waals surface area (Å²) in [4.78, 5) is 2.48. The van der Waals surface area contributed by atoms with Crippen LogP contribution in [0.2, 0.25) is 0 Å². The first-order chi connectivity index (χ1) is 6.76. The Morgan fingerprint density at radius 2 is 2.21 bits per heavy atom. The summed E-state index contributed by atoms with van der Waals surface area (Å²) in [6.07, 6.45) is 2.37. The van der Waals surface area contributed by atoms with E-state index in [9.17, 15) is 0 Å². The molecule has 0 spiro atoms. The second-order valence-electron chi connectivity index (χ2n) is 3.94. The van der Waals surface area contributed by atoms with Crippen LogP contribution in [0.4, 0.5) is 11.4 Å². The van der Waals surface area contributed by atoms with Crippen molar-refractivity contribution in [2.75, 3.05) is 17.2 Å². The van der Waals surface area contributed by atoms with E-state index in [0.29, 0.717) is 6.04 Å². The molecule has 1 heterocycles. The van der Waals surface area contributed by atoms with Gasteiger partial charge in [-0.15, -0.1) is 0 Å². The molecule has 0 aromatic heterocycles. The molecule has 0 radical (unpaired) electrons. The van der Waals surface area contributed by atoms with Gasteiger partial charge in [-0.25, -0.2) is 0 Å². The van der Waals surface area contributed by atoms with Gasteiger partial charge in [0.05, 0.1) is 0 Å². The molecule has 1 aliphatic heterocycles. The molecule has 1 atom stereocenters. The molecule has 2 N–H and O–H groups in total. The SMILES string of the molecule is CCC1Cc2cc(N)ccc2N1CC. The normalized spacial score (nSPS) is 19.9. The Hall–Kier alpha value is -1.18. The zero-order valence-corrected chi connectivity index (χ0v) is 8.96. The summed E-state index contributed by atoms with van der Waals surface area (Å²) in [7, 11) is 0. The van der Waals surface area contributed by atoms with Crippen molar-refractivity contribution in [2.45, 2.75) is 32.7 Å². The van der Waals surface area contributed by atoms with Crippen molar-refractivity contribution in [2.24, 2.45) is 0 Å². The lowest BCUT2D eigenvalue weighted by Gasteiger charge is -2.24. The third-order valence-corrected chi connectivity index (χ3v) is 3.12. The van der Waals surface area contributed by atoms with E-state index in [4.69, 9.17) is 5.73 Å². The smallest absolute Gasteiger partial charge is 0.0403 e. The Kier molecular flexibility index (Phi) is 2.36. The van der Waals surface area contributed by atoms with E-state index in [1.165, 1.54) is 17.7 Å². The van der Waals surface area contributed by atoms with E-state index in [1.54, 1.807) is 0 Å². The number of benzene rings is 1. The van der Waals surface area contributed by atoms with Gasteiger partial charge in [0.1, 0.15) is 0 Å². The fourth-order valence-corrected chi connectivity index (χ4v) is 2.40. The van der Waals surface area contributed by atoms with Crippen molar-refractivity contribution in [3.8, 4) is 0 Å². The molecule has 0 bridgehead atoms. The van der Waals surface area contributed by atoms with E-state index in [1.807, 2.05) is 6.07 Å². The van der Waals surface area contributed by atoms with Crippen LogP contribution in [0.15, 0.2) is 18.2 Å². The van der Waals surface area contributed by atoms with Crippen molar-refractivity contribution >= 4 is 11.4 Å². The molecule has 2 rings (SSSR count). The fraction of sp³-hybridized carbons (Fsp3) is 0.500. The molecule has 14 heavy (non-hydrogen) atoms. The van der Waals surface area contributed by atoms with E-state index in [-0.39, 0.29) is 0 Å². The second-order valence-corrected chi connectivity index (χ2v) is 3.94. The summed E-state index contributed by atoms with van der Waals surface area (Å²) in [5.74, 6) is 0. The standard InChI is InChI=1S/C12H18N2/c1-3-11-8-9-7-10(13)5-6-12(9)14(11)4-2/h5-7,11H,3-4,8,13H2,1-2H3. The van der Waals surface area contributed by atoms with Gasteiger partial charge in [-0.3, -0.25) is 0 Å². The highest BCUT2D eigenvalue weighted by Gasteiger charge is 2.26. The molecule has 1 aliphatic rings. The average molecular weight is 190 g/mol. The van der Waals surface area contributed by atoms with Gasteiger partial charge in [0.2, 0.25) is 0 Å². The lowest BCUT2D eigenvalue weighted by molar-refractivity contribution is 0.615. The van der Waals surface area contributed by atoms with Crippen LogP contribution in [0.5, 0.6) is 0 Å². The molecule has 1 aromatic carbocycles. The van der Waals surface area contributed by atoms with Gasteiger partial charge in [-0.05, 0) is 43.5 Å². The highest BCUT2D eigenvalue weighted by atomic mass is 15.2. The van der Waals surface area contributed by atoms with Crippen LogP contribution in [0.1, 0.15) is 25.8 Å². The minimum atomic E-state index is 0.678. The summed E-state index contributed by atoms with van der Waals surface area (Å²) in [6.45, 7) is 5.56. The number of rotatable bonds is 2. The van der Waals surface area contributed by atoms with Gasteiger partial charge in [-0.2, -0.15) is 0 Å². The van der Waals surface area contributed by atoms with Crippen LogP contribution in [0, 0.1) is 0 Å². The van der Waals surface area contributed by atoms with Gasteiger partial charge < -0.3 is 10.6 Å². The minimum absolute atomic E-state index is 0.678. The Labute approximate surface area is 85.7 Å². The van der Waals surface area contributed by atoms with E-state index >= 15 is 0 Å². The topological polar surface area (TPSA) is 29.3 Å². The predicted octanol–water partition coefficient (Wildman–Crippen LogP) is 2.43. The van der Waals surface area contributed by atoms with E-state index < -0.39 is 0 Å². The van der Waals surface area contributed by atoms with Crippen molar-refractivity contribution in [3.05, 3.63) is 23.8 Å². The second kappa shape index (κ2) is 3.52. The third-order valence-electron chi connectivity index (χ3n) is 3.12. The van der Waals surface area contributed by atoms with Crippen molar-refractivity contribution in [1.29, 1.82) is 0 Å². The van der Waals surface area contributed by atoms with Crippen LogP contribution in [0.25, 0.3) is 0 Å². The number of nitrogens with two attached hydrogens (primary N) is 1. The molecule has 2 heteroatoms. The molecule has 76 valence electrons. The van der Waals surface area contributed by atoms with Crippen molar-refractivity contribution in [1.82, 2.24) is 0 Å². The monoisotopic (exact) mass is 190 g/mol. The molecule has 0 amide bonds. The quantitative estimate of drug-likeness (QED) is 0.726. The molecule has 0 saturated carbocycles. The number of nitrogens with zero attached hydrogens (tertiary/aromatic N) is 1. The molecule has 2 nitrogen and oxygen atoms in total. The first kappa shape index (κ1) is 9.38. The lowest BCUT2D eigenvalue weighted by Crippen LogP contribution is -2.30. The Morgan fingerprint density at radius 3 is 2.86 bits per heavy atom. The highest BCUT2D eigenvalue weighted by Crippen LogP contribution is 2.34. The first-order valence-corrected chi connectivity index (χ1v) is 5.41. The lowest BCUT2D eigenvalue weighted by atomic mass is 10.1. The number of fused-ring (bicyclic) bond motifs is 1. The van der Waals surface area contributed by atoms with Crippen LogP contribution in [-0.2, 0) is 6.42 Å². The maximum absolute atomic E-state index is 5.79. The molecule has 0 aliphatic carbocycles. The number of likely N-dealkylation sites (N-methyl/N-ethyl adjacent to an activating group) is 1. The minimum Gasteiger partial charge on any atom is -0.399 e.